The van der Waals surface area contributed by atoms with Crippen molar-refractivity contribution in [2.45, 2.75) is 4.34 Å². The Kier molecular flexibility index (Phi) is 5.97. The van der Waals surface area contributed by atoms with Gasteiger partial charge in [0, 0.05) is 22.2 Å². The first-order valence-electron chi connectivity index (χ1n) is 6.83. The number of anilines is 2. The Morgan fingerprint density at radius 2 is 1.92 bits per heavy atom. The number of benzene rings is 1. The molecule has 0 saturated heterocycles. The molecule has 7 nitrogen and oxygen atoms in total. The number of halogens is 1. The number of carbonyl (C=O) groups is 2. The fraction of sp³-hybridized carbons (Fsp3) is 0.0714. The molecule has 0 saturated carbocycles. The molecule has 0 aliphatic heterocycles. The number of thiazole rings is 1. The molecule has 0 fully saturated rings. The lowest BCUT2D eigenvalue weighted by atomic mass is 10.2. The number of rotatable bonds is 6. The van der Waals surface area contributed by atoms with Gasteiger partial charge in [0.25, 0.3) is 5.91 Å². The van der Waals surface area contributed by atoms with Gasteiger partial charge in [0.05, 0.1) is 5.75 Å². The van der Waals surface area contributed by atoms with Crippen molar-refractivity contribution in [2.75, 3.05) is 16.4 Å². The predicted octanol–water partition coefficient (Wildman–Crippen LogP) is 3.63. The maximum absolute atomic E-state index is 12.1. The van der Waals surface area contributed by atoms with Gasteiger partial charge in [-0.3, -0.25) is 14.9 Å². The van der Waals surface area contributed by atoms with Gasteiger partial charge in [-0.25, -0.2) is 4.98 Å². The van der Waals surface area contributed by atoms with E-state index in [2.05, 4.69) is 25.8 Å². The van der Waals surface area contributed by atoms with Crippen molar-refractivity contribution in [2.24, 2.45) is 0 Å². The zero-order valence-corrected chi connectivity index (χ0v) is 15.6. The van der Waals surface area contributed by atoms with E-state index >= 15 is 0 Å². The number of nitrogens with zero attached hydrogens (tertiary/aromatic N) is 3. The van der Waals surface area contributed by atoms with E-state index < -0.39 is 0 Å². The van der Waals surface area contributed by atoms with E-state index in [1.807, 2.05) is 0 Å². The van der Waals surface area contributed by atoms with E-state index in [-0.39, 0.29) is 17.6 Å². The molecule has 3 rings (SSSR count). The molecule has 11 heteroatoms. The van der Waals surface area contributed by atoms with Gasteiger partial charge >= 0.3 is 0 Å². The van der Waals surface area contributed by atoms with Gasteiger partial charge in [-0.1, -0.05) is 34.7 Å². The molecule has 0 aliphatic carbocycles. The first-order valence-corrected chi connectivity index (χ1v) is 9.89. The topological polar surface area (TPSA) is 96.9 Å². The van der Waals surface area contributed by atoms with Gasteiger partial charge in [0.1, 0.15) is 0 Å². The molecule has 2 N–H and O–H groups in total. The molecule has 0 bridgehead atoms. The van der Waals surface area contributed by atoms with Crippen LogP contribution in [0.25, 0.3) is 0 Å². The Morgan fingerprint density at radius 1 is 1.12 bits per heavy atom. The molecule has 2 amide bonds. The average Bonchev–Trinajstić information content (AvgIpc) is 3.25. The first-order chi connectivity index (χ1) is 12.1. The lowest BCUT2D eigenvalue weighted by Gasteiger charge is -2.00. The minimum absolute atomic E-state index is 0.179. The number of carbonyl (C=O) groups excluding carboxylic acids is 2. The van der Waals surface area contributed by atoms with Crippen LogP contribution in [-0.4, -0.2) is 32.7 Å². The van der Waals surface area contributed by atoms with Crippen LogP contribution in [0.2, 0.25) is 5.02 Å². The van der Waals surface area contributed by atoms with Crippen LogP contribution >= 0.6 is 46.0 Å². The molecule has 128 valence electrons. The summed E-state index contributed by atoms with van der Waals surface area (Å²) in [5.74, 6) is -0.299. The molecule has 0 aliphatic rings. The van der Waals surface area contributed by atoms with Gasteiger partial charge in [0.2, 0.25) is 11.0 Å². The largest absolute Gasteiger partial charge is 0.301 e. The third-order valence-corrected chi connectivity index (χ3v) is 5.65. The van der Waals surface area contributed by atoms with Crippen molar-refractivity contribution in [1.29, 1.82) is 0 Å². The van der Waals surface area contributed by atoms with E-state index in [1.165, 1.54) is 34.4 Å². The van der Waals surface area contributed by atoms with Crippen LogP contribution in [0.15, 0.2) is 40.2 Å². The van der Waals surface area contributed by atoms with Gasteiger partial charge in [-0.2, -0.15) is 0 Å². The lowest BCUT2D eigenvalue weighted by Crippen LogP contribution is -2.13. The van der Waals surface area contributed by atoms with Gasteiger partial charge < -0.3 is 5.32 Å². The second-order valence-corrected chi connectivity index (χ2v) is 8.04. The first kappa shape index (κ1) is 17.8. The summed E-state index contributed by atoms with van der Waals surface area (Å²) in [6, 6.07) is 6.52. The van der Waals surface area contributed by atoms with Crippen molar-refractivity contribution >= 4 is 68.1 Å². The van der Waals surface area contributed by atoms with E-state index in [9.17, 15) is 9.59 Å². The normalized spacial score (nSPS) is 10.4. The summed E-state index contributed by atoms with van der Waals surface area (Å²) < 4.78 is 0.584. The highest BCUT2D eigenvalue weighted by molar-refractivity contribution is 8.01. The van der Waals surface area contributed by atoms with Gasteiger partial charge in [-0.15, -0.1) is 21.5 Å². The summed E-state index contributed by atoms with van der Waals surface area (Å²) in [6.07, 6.45) is 1.62. The molecule has 1 aromatic carbocycles. The molecule has 0 spiro atoms. The molecule has 0 atom stereocenters. The SMILES string of the molecule is O=C(CSc1nnc(NC(=O)c2ccc(Cl)cc2)s1)Nc1nccs1. The van der Waals surface area contributed by atoms with Crippen molar-refractivity contribution < 1.29 is 9.59 Å². The van der Waals surface area contributed by atoms with E-state index in [0.717, 1.165) is 0 Å². The standard InChI is InChI=1S/C14H10ClN5O2S3/c15-9-3-1-8(2-4-9)11(22)18-13-19-20-14(25-13)24-7-10(21)17-12-16-5-6-23-12/h1-6H,7H2,(H,16,17,21)(H,18,19,22). The third-order valence-electron chi connectivity index (χ3n) is 2.74. The Bertz CT molecular complexity index is 867. The van der Waals surface area contributed by atoms with E-state index in [1.54, 1.807) is 35.8 Å². The quantitative estimate of drug-likeness (QED) is 0.475. The minimum atomic E-state index is -0.300. The number of thioether (sulfide) groups is 1. The second kappa shape index (κ2) is 8.39. The summed E-state index contributed by atoms with van der Waals surface area (Å²) in [4.78, 5) is 27.9. The zero-order chi connectivity index (χ0) is 17.6. The Balaban J connectivity index is 1.51. The Hall–Kier alpha value is -2.01. The molecule has 2 aromatic heterocycles. The fourth-order valence-electron chi connectivity index (χ4n) is 1.66. The number of hydrogen-bond donors (Lipinski definition) is 2. The van der Waals surface area contributed by atoms with Crippen molar-refractivity contribution in [1.82, 2.24) is 15.2 Å². The number of nitrogens with one attached hydrogen (secondary N) is 2. The number of amides is 2. The van der Waals surface area contributed by atoms with E-state index in [0.29, 0.717) is 25.2 Å². The minimum Gasteiger partial charge on any atom is -0.301 e. The molecule has 0 radical (unpaired) electrons. The van der Waals surface area contributed by atoms with Crippen molar-refractivity contribution in [3.8, 4) is 0 Å². The molecular formula is C14H10ClN5O2S3. The Labute approximate surface area is 159 Å². The smallest absolute Gasteiger partial charge is 0.257 e. The summed E-state index contributed by atoms with van der Waals surface area (Å²) in [5.41, 5.74) is 0.469. The summed E-state index contributed by atoms with van der Waals surface area (Å²) in [5, 5.41) is 16.4. The Morgan fingerprint density at radius 3 is 2.64 bits per heavy atom. The monoisotopic (exact) mass is 411 g/mol. The summed E-state index contributed by atoms with van der Waals surface area (Å²) in [6.45, 7) is 0. The maximum atomic E-state index is 12.1. The van der Waals surface area contributed by atoms with Crippen LogP contribution < -0.4 is 10.6 Å². The molecule has 0 unspecified atom stereocenters. The predicted molar refractivity (Wildman–Crippen MR) is 101 cm³/mol. The lowest BCUT2D eigenvalue weighted by molar-refractivity contribution is -0.113. The van der Waals surface area contributed by atoms with Crippen LogP contribution in [0.5, 0.6) is 0 Å². The molecular weight excluding hydrogens is 402 g/mol. The van der Waals surface area contributed by atoms with Crippen molar-refractivity contribution in [3.63, 3.8) is 0 Å². The zero-order valence-electron chi connectivity index (χ0n) is 12.4. The van der Waals surface area contributed by atoms with Crippen molar-refractivity contribution in [3.05, 3.63) is 46.4 Å². The molecule has 3 aromatic rings. The summed E-state index contributed by atoms with van der Waals surface area (Å²) >= 11 is 9.58. The van der Waals surface area contributed by atoms with Gasteiger partial charge in [-0.05, 0) is 24.3 Å². The fourth-order valence-corrected chi connectivity index (χ4v) is 3.88. The number of hydrogen-bond acceptors (Lipinski definition) is 8. The van der Waals surface area contributed by atoms with Crippen LogP contribution in [0.1, 0.15) is 10.4 Å². The second-order valence-electron chi connectivity index (χ2n) is 4.51. The highest BCUT2D eigenvalue weighted by atomic mass is 35.5. The average molecular weight is 412 g/mol. The highest BCUT2D eigenvalue weighted by Crippen LogP contribution is 2.26. The maximum Gasteiger partial charge on any atom is 0.257 e. The van der Waals surface area contributed by atoms with Gasteiger partial charge in [0.15, 0.2) is 9.47 Å². The number of aromatic nitrogens is 3. The third kappa shape index (κ3) is 5.23. The van der Waals surface area contributed by atoms with Crippen LogP contribution in [0, 0.1) is 0 Å². The molecule has 25 heavy (non-hydrogen) atoms. The molecule has 2 heterocycles. The van der Waals surface area contributed by atoms with Crippen LogP contribution in [0.3, 0.4) is 0 Å². The van der Waals surface area contributed by atoms with Crippen LogP contribution in [-0.2, 0) is 4.79 Å². The van der Waals surface area contributed by atoms with Crippen LogP contribution in [0.4, 0.5) is 10.3 Å². The van der Waals surface area contributed by atoms with E-state index in [4.69, 9.17) is 11.6 Å². The summed E-state index contributed by atoms with van der Waals surface area (Å²) in [7, 11) is 0. The highest BCUT2D eigenvalue weighted by Gasteiger charge is 2.12.